The molecule has 3 aromatic rings. The van der Waals surface area contributed by atoms with E-state index in [0.717, 1.165) is 15.4 Å². The van der Waals surface area contributed by atoms with Crippen LogP contribution in [0.1, 0.15) is 11.1 Å². The third-order valence-corrected chi connectivity index (χ3v) is 7.00. The van der Waals surface area contributed by atoms with Crippen LogP contribution in [0.2, 0.25) is 5.02 Å². The Bertz CT molecular complexity index is 1190. The summed E-state index contributed by atoms with van der Waals surface area (Å²) in [4.78, 5) is 12.7. The summed E-state index contributed by atoms with van der Waals surface area (Å²) in [6.07, 6.45) is 0. The second kappa shape index (κ2) is 11.2. The zero-order valence-corrected chi connectivity index (χ0v) is 19.9. The summed E-state index contributed by atoms with van der Waals surface area (Å²) in [5, 5.41) is 3.36. The number of benzene rings is 3. The molecule has 0 atom stereocenters. The molecule has 0 heterocycles. The second-order valence-corrected chi connectivity index (χ2v) is 9.52. The van der Waals surface area contributed by atoms with E-state index in [-0.39, 0.29) is 30.3 Å². The number of carbonyl (C=O) groups excluding carboxylic acids is 1. The van der Waals surface area contributed by atoms with Crippen LogP contribution in [0.4, 0.5) is 0 Å². The van der Waals surface area contributed by atoms with E-state index in [4.69, 9.17) is 21.1 Å². The number of nitrogens with zero attached hydrogens (tertiary/aromatic N) is 1. The minimum atomic E-state index is -4.08. The third kappa shape index (κ3) is 6.47. The lowest BCUT2D eigenvalue weighted by Gasteiger charge is -2.23. The average molecular weight is 489 g/mol. The van der Waals surface area contributed by atoms with Crippen LogP contribution in [-0.2, 0) is 27.9 Å². The van der Waals surface area contributed by atoms with Crippen LogP contribution >= 0.6 is 11.6 Å². The van der Waals surface area contributed by atoms with Crippen molar-refractivity contribution in [2.45, 2.75) is 18.0 Å². The van der Waals surface area contributed by atoms with Crippen molar-refractivity contribution in [3.8, 4) is 11.5 Å². The highest BCUT2D eigenvalue weighted by atomic mass is 35.5. The highest BCUT2D eigenvalue weighted by Gasteiger charge is 2.30. The Morgan fingerprint density at radius 2 is 1.64 bits per heavy atom. The number of hydrogen-bond donors (Lipinski definition) is 1. The zero-order valence-electron chi connectivity index (χ0n) is 18.3. The van der Waals surface area contributed by atoms with Crippen LogP contribution in [0.25, 0.3) is 0 Å². The van der Waals surface area contributed by atoms with E-state index in [2.05, 4.69) is 5.32 Å². The molecule has 0 radical (unpaired) electrons. The quantitative estimate of drug-likeness (QED) is 0.468. The molecule has 3 rings (SSSR count). The minimum absolute atomic E-state index is 0.0206. The van der Waals surface area contributed by atoms with E-state index in [9.17, 15) is 13.2 Å². The normalized spacial score (nSPS) is 11.3. The maximum atomic E-state index is 13.6. The smallest absolute Gasteiger partial charge is 0.247 e. The fourth-order valence-corrected chi connectivity index (χ4v) is 4.81. The molecule has 1 amide bonds. The Balaban J connectivity index is 1.85. The molecule has 3 aromatic carbocycles. The van der Waals surface area contributed by atoms with Crippen LogP contribution in [-0.4, -0.2) is 39.4 Å². The number of halogens is 1. The predicted molar refractivity (Wildman–Crippen MR) is 127 cm³/mol. The van der Waals surface area contributed by atoms with Gasteiger partial charge in [-0.3, -0.25) is 4.79 Å². The maximum Gasteiger partial charge on any atom is 0.247 e. The number of nitrogens with one attached hydrogen (secondary N) is 1. The third-order valence-electron chi connectivity index (χ3n) is 4.91. The monoisotopic (exact) mass is 488 g/mol. The molecule has 0 saturated heterocycles. The molecule has 33 heavy (non-hydrogen) atoms. The van der Waals surface area contributed by atoms with Crippen molar-refractivity contribution in [1.82, 2.24) is 9.62 Å². The van der Waals surface area contributed by atoms with Gasteiger partial charge in [-0.25, -0.2) is 8.42 Å². The molecule has 0 spiro atoms. The molecule has 0 aromatic heterocycles. The number of ether oxygens (including phenoxy) is 2. The Morgan fingerprint density at radius 1 is 0.939 bits per heavy atom. The van der Waals surface area contributed by atoms with E-state index < -0.39 is 15.9 Å². The fourth-order valence-electron chi connectivity index (χ4n) is 3.16. The Kier molecular flexibility index (Phi) is 8.32. The lowest BCUT2D eigenvalue weighted by Crippen LogP contribution is -2.40. The van der Waals surface area contributed by atoms with Gasteiger partial charge >= 0.3 is 0 Å². The molecular formula is C24H25ClN2O5S. The number of methoxy groups -OCH3 is 2. The summed E-state index contributed by atoms with van der Waals surface area (Å²) < 4.78 is 38.7. The van der Waals surface area contributed by atoms with E-state index in [1.54, 1.807) is 36.4 Å². The highest BCUT2D eigenvalue weighted by molar-refractivity contribution is 7.89. The van der Waals surface area contributed by atoms with Crippen molar-refractivity contribution in [3.63, 3.8) is 0 Å². The standard InChI is InChI=1S/C24H25ClN2O5S/c1-31-21-12-13-23(22(14-21)32-2)33(29,30)27(16-19-6-4-3-5-7-19)17-24(28)26-15-18-8-10-20(25)11-9-18/h3-14H,15-17H2,1-2H3,(H,26,28). The summed E-state index contributed by atoms with van der Waals surface area (Å²) in [5.41, 5.74) is 1.60. The van der Waals surface area contributed by atoms with Gasteiger partial charge in [0.15, 0.2) is 0 Å². The predicted octanol–water partition coefficient (Wildman–Crippen LogP) is 3.86. The molecule has 0 aliphatic heterocycles. The molecule has 0 bridgehead atoms. The van der Waals surface area contributed by atoms with Gasteiger partial charge in [0.2, 0.25) is 15.9 Å². The molecule has 7 nitrogen and oxygen atoms in total. The van der Waals surface area contributed by atoms with Crippen LogP contribution in [0.15, 0.2) is 77.7 Å². The topological polar surface area (TPSA) is 84.9 Å². The number of rotatable bonds is 10. The van der Waals surface area contributed by atoms with Crippen molar-refractivity contribution in [2.75, 3.05) is 20.8 Å². The molecule has 0 fully saturated rings. The lowest BCUT2D eigenvalue weighted by atomic mass is 10.2. The van der Waals surface area contributed by atoms with Gasteiger partial charge in [-0.15, -0.1) is 0 Å². The van der Waals surface area contributed by atoms with Gasteiger partial charge in [0.05, 0.1) is 20.8 Å². The first-order valence-electron chi connectivity index (χ1n) is 10.1. The summed E-state index contributed by atoms with van der Waals surface area (Å²) in [5.74, 6) is 0.159. The zero-order chi connectivity index (χ0) is 23.8. The van der Waals surface area contributed by atoms with E-state index in [0.29, 0.717) is 10.8 Å². The maximum absolute atomic E-state index is 13.6. The number of amides is 1. The van der Waals surface area contributed by atoms with E-state index >= 15 is 0 Å². The molecule has 0 saturated carbocycles. The molecule has 174 valence electrons. The van der Waals surface area contributed by atoms with Gasteiger partial charge in [-0.1, -0.05) is 54.1 Å². The van der Waals surface area contributed by atoms with Crippen molar-refractivity contribution in [1.29, 1.82) is 0 Å². The SMILES string of the molecule is COc1ccc(S(=O)(=O)N(CC(=O)NCc2ccc(Cl)cc2)Cc2ccccc2)c(OC)c1. The van der Waals surface area contributed by atoms with Gasteiger partial charge < -0.3 is 14.8 Å². The molecule has 1 N–H and O–H groups in total. The summed E-state index contributed by atoms with van der Waals surface area (Å²) in [7, 11) is -1.21. The van der Waals surface area contributed by atoms with E-state index in [1.165, 1.54) is 32.4 Å². The largest absolute Gasteiger partial charge is 0.497 e. The average Bonchev–Trinajstić information content (AvgIpc) is 2.83. The van der Waals surface area contributed by atoms with Crippen LogP contribution in [0.5, 0.6) is 11.5 Å². The van der Waals surface area contributed by atoms with Crippen molar-refractivity contribution in [3.05, 3.63) is 88.9 Å². The van der Waals surface area contributed by atoms with Crippen LogP contribution in [0, 0.1) is 0 Å². The van der Waals surface area contributed by atoms with Crippen LogP contribution < -0.4 is 14.8 Å². The van der Waals surface area contributed by atoms with Gasteiger partial charge in [-0.05, 0) is 35.4 Å². The Labute approximate surface area is 198 Å². The highest BCUT2D eigenvalue weighted by Crippen LogP contribution is 2.31. The van der Waals surface area contributed by atoms with Gasteiger partial charge in [0, 0.05) is 24.2 Å². The van der Waals surface area contributed by atoms with Gasteiger partial charge in [0.1, 0.15) is 16.4 Å². The first-order chi connectivity index (χ1) is 15.8. The molecule has 0 aliphatic carbocycles. The molecule has 0 unspecified atom stereocenters. The Hall–Kier alpha value is -3.07. The first-order valence-corrected chi connectivity index (χ1v) is 11.9. The van der Waals surface area contributed by atoms with Crippen LogP contribution in [0.3, 0.4) is 0 Å². The summed E-state index contributed by atoms with van der Waals surface area (Å²) in [6, 6.07) is 20.6. The molecular weight excluding hydrogens is 464 g/mol. The fraction of sp³-hybridized carbons (Fsp3) is 0.208. The van der Waals surface area contributed by atoms with Crippen molar-refractivity contribution >= 4 is 27.5 Å². The summed E-state index contributed by atoms with van der Waals surface area (Å²) >= 11 is 5.89. The van der Waals surface area contributed by atoms with Gasteiger partial charge in [-0.2, -0.15) is 4.31 Å². The summed E-state index contributed by atoms with van der Waals surface area (Å²) in [6.45, 7) is -0.0895. The van der Waals surface area contributed by atoms with E-state index in [1.807, 2.05) is 18.2 Å². The van der Waals surface area contributed by atoms with Crippen molar-refractivity contribution < 1.29 is 22.7 Å². The molecule has 0 aliphatic rings. The molecule has 9 heteroatoms. The number of sulfonamides is 1. The lowest BCUT2D eigenvalue weighted by molar-refractivity contribution is -0.121. The number of carbonyl (C=O) groups is 1. The second-order valence-electron chi connectivity index (χ2n) is 7.18. The minimum Gasteiger partial charge on any atom is -0.497 e. The van der Waals surface area contributed by atoms with Crippen molar-refractivity contribution in [2.24, 2.45) is 0 Å². The first kappa shape index (κ1) is 24.6. The number of hydrogen-bond acceptors (Lipinski definition) is 5. The van der Waals surface area contributed by atoms with Gasteiger partial charge in [0.25, 0.3) is 0 Å². The Morgan fingerprint density at radius 3 is 2.27 bits per heavy atom.